The molecule has 1 aromatic carbocycles. The van der Waals surface area contributed by atoms with Gasteiger partial charge in [-0.15, -0.1) is 0 Å². The van der Waals surface area contributed by atoms with Gasteiger partial charge in [-0.05, 0) is 19.4 Å². The molecule has 0 spiro atoms. The van der Waals surface area contributed by atoms with Crippen LogP contribution >= 0.6 is 0 Å². The topological polar surface area (TPSA) is 57.6 Å². The molecule has 1 heterocycles. The summed E-state index contributed by atoms with van der Waals surface area (Å²) in [6.45, 7) is 3.83. The van der Waals surface area contributed by atoms with Crippen molar-refractivity contribution in [2.45, 2.75) is 32.4 Å². The Balaban J connectivity index is 2.43. The molecule has 4 heteroatoms. The summed E-state index contributed by atoms with van der Waals surface area (Å²) in [4.78, 5) is 25.0. The van der Waals surface area contributed by atoms with Crippen LogP contribution in [0.1, 0.15) is 31.9 Å². The Bertz CT molecular complexity index is 455. The third-order valence-electron chi connectivity index (χ3n) is 3.38. The molecule has 1 aromatic rings. The van der Waals surface area contributed by atoms with Gasteiger partial charge in [0.2, 0.25) is 5.91 Å². The van der Waals surface area contributed by atoms with Crippen LogP contribution in [0.4, 0.5) is 0 Å². The summed E-state index contributed by atoms with van der Waals surface area (Å²) < 4.78 is 0. The van der Waals surface area contributed by atoms with E-state index in [0.717, 1.165) is 5.56 Å². The zero-order valence-electron chi connectivity index (χ0n) is 10.5. The summed E-state index contributed by atoms with van der Waals surface area (Å²) in [5.74, 6) is -1.63. The second kappa shape index (κ2) is 4.80. The van der Waals surface area contributed by atoms with E-state index in [1.807, 2.05) is 44.2 Å². The molecule has 0 bridgehead atoms. The van der Waals surface area contributed by atoms with E-state index in [9.17, 15) is 14.7 Å². The van der Waals surface area contributed by atoms with E-state index in [1.165, 1.54) is 0 Å². The van der Waals surface area contributed by atoms with Gasteiger partial charge in [0.1, 0.15) is 0 Å². The fraction of sp³-hybridized carbons (Fsp3) is 0.429. The number of hydrogen-bond acceptors (Lipinski definition) is 2. The molecule has 96 valence electrons. The minimum atomic E-state index is -0.902. The number of carbonyl (C=O) groups excluding carboxylic acids is 1. The van der Waals surface area contributed by atoms with Crippen LogP contribution in [-0.4, -0.2) is 27.9 Å². The molecular weight excluding hydrogens is 230 g/mol. The van der Waals surface area contributed by atoms with Crippen molar-refractivity contribution in [2.75, 3.05) is 0 Å². The summed E-state index contributed by atoms with van der Waals surface area (Å²) in [5.41, 5.74) is 0.893. The number of nitrogens with zero attached hydrogens (tertiary/aromatic N) is 1. The Labute approximate surface area is 106 Å². The highest BCUT2D eigenvalue weighted by atomic mass is 16.4. The van der Waals surface area contributed by atoms with Crippen molar-refractivity contribution in [2.24, 2.45) is 5.92 Å². The quantitative estimate of drug-likeness (QED) is 0.889. The highest BCUT2D eigenvalue weighted by Gasteiger charge is 2.45. The lowest BCUT2D eigenvalue weighted by Gasteiger charge is -2.30. The van der Waals surface area contributed by atoms with Crippen LogP contribution < -0.4 is 0 Å². The molecule has 0 unspecified atom stereocenters. The lowest BCUT2D eigenvalue weighted by atomic mass is 9.93. The molecule has 2 atom stereocenters. The maximum absolute atomic E-state index is 12.0. The molecule has 4 nitrogen and oxygen atoms in total. The van der Waals surface area contributed by atoms with Gasteiger partial charge in [0.15, 0.2) is 0 Å². The monoisotopic (exact) mass is 247 g/mol. The molecule has 1 aliphatic heterocycles. The van der Waals surface area contributed by atoms with Gasteiger partial charge in [0.25, 0.3) is 0 Å². The Hall–Kier alpha value is -1.84. The molecule has 2 rings (SSSR count). The van der Waals surface area contributed by atoms with E-state index in [0.29, 0.717) is 0 Å². The lowest BCUT2D eigenvalue weighted by molar-refractivity contribution is -0.142. The summed E-state index contributed by atoms with van der Waals surface area (Å²) in [7, 11) is 0. The number of likely N-dealkylation sites (tertiary alicyclic amines) is 1. The number of aliphatic carboxylic acids is 1. The maximum Gasteiger partial charge on any atom is 0.309 e. The predicted octanol–water partition coefficient (Wildman–Crippen LogP) is 2.07. The summed E-state index contributed by atoms with van der Waals surface area (Å²) in [6.07, 6.45) is 0.0904. The van der Waals surface area contributed by atoms with Crippen molar-refractivity contribution in [1.82, 2.24) is 4.90 Å². The normalized spacial score (nSPS) is 23.7. The molecule has 1 amide bonds. The summed E-state index contributed by atoms with van der Waals surface area (Å²) >= 11 is 0. The van der Waals surface area contributed by atoms with Gasteiger partial charge in [0.05, 0.1) is 12.0 Å². The lowest BCUT2D eigenvalue weighted by Crippen LogP contribution is -2.36. The zero-order chi connectivity index (χ0) is 13.3. The number of benzene rings is 1. The van der Waals surface area contributed by atoms with Crippen molar-refractivity contribution < 1.29 is 14.7 Å². The van der Waals surface area contributed by atoms with Crippen LogP contribution in [-0.2, 0) is 9.59 Å². The molecule has 1 saturated heterocycles. The highest BCUT2D eigenvalue weighted by Crippen LogP contribution is 2.39. The average Bonchev–Trinajstić information content (AvgIpc) is 2.68. The number of carbonyl (C=O) groups is 2. The number of hydrogen-bond donors (Lipinski definition) is 1. The Kier molecular flexibility index (Phi) is 3.36. The number of carboxylic acids is 1. The second-order valence-electron chi connectivity index (χ2n) is 4.90. The van der Waals surface area contributed by atoms with Gasteiger partial charge < -0.3 is 10.0 Å². The van der Waals surface area contributed by atoms with Crippen molar-refractivity contribution in [1.29, 1.82) is 0 Å². The molecule has 1 N–H and O–H groups in total. The Morgan fingerprint density at radius 2 is 1.94 bits per heavy atom. The maximum atomic E-state index is 12.0. The van der Waals surface area contributed by atoms with Crippen LogP contribution in [0.2, 0.25) is 0 Å². The SMILES string of the molecule is CC(C)N1C(=O)C[C@H](C(=O)O)[C@H]1c1ccccc1. The fourth-order valence-electron chi connectivity index (χ4n) is 2.63. The van der Waals surface area contributed by atoms with Gasteiger partial charge >= 0.3 is 5.97 Å². The van der Waals surface area contributed by atoms with Gasteiger partial charge in [0, 0.05) is 12.5 Å². The van der Waals surface area contributed by atoms with Crippen LogP contribution in [0.15, 0.2) is 30.3 Å². The number of rotatable bonds is 3. The smallest absolute Gasteiger partial charge is 0.309 e. The molecule has 18 heavy (non-hydrogen) atoms. The summed E-state index contributed by atoms with van der Waals surface area (Å²) in [5, 5.41) is 9.28. The number of amides is 1. The molecule has 0 saturated carbocycles. The second-order valence-corrected chi connectivity index (χ2v) is 4.90. The van der Waals surface area contributed by atoms with Crippen molar-refractivity contribution >= 4 is 11.9 Å². The van der Waals surface area contributed by atoms with Crippen LogP contribution in [0.3, 0.4) is 0 Å². The average molecular weight is 247 g/mol. The Morgan fingerprint density at radius 3 is 2.44 bits per heavy atom. The first-order chi connectivity index (χ1) is 8.52. The fourth-order valence-corrected chi connectivity index (χ4v) is 2.63. The molecule has 0 radical (unpaired) electrons. The first-order valence-corrected chi connectivity index (χ1v) is 6.11. The van der Waals surface area contributed by atoms with Crippen molar-refractivity contribution in [3.8, 4) is 0 Å². The minimum Gasteiger partial charge on any atom is -0.481 e. The molecule has 0 aliphatic carbocycles. The standard InChI is InChI=1S/C14H17NO3/c1-9(2)15-12(16)8-11(14(17)18)13(15)10-6-4-3-5-7-10/h3-7,9,11,13H,8H2,1-2H3,(H,17,18)/t11-,13+/m0/s1. The van der Waals surface area contributed by atoms with Crippen LogP contribution in [0.5, 0.6) is 0 Å². The van der Waals surface area contributed by atoms with E-state index in [-0.39, 0.29) is 24.4 Å². The first kappa shape index (κ1) is 12.6. The van der Waals surface area contributed by atoms with Crippen molar-refractivity contribution in [3.05, 3.63) is 35.9 Å². The first-order valence-electron chi connectivity index (χ1n) is 6.11. The van der Waals surface area contributed by atoms with Crippen LogP contribution in [0, 0.1) is 5.92 Å². The van der Waals surface area contributed by atoms with E-state index < -0.39 is 11.9 Å². The van der Waals surface area contributed by atoms with Gasteiger partial charge in [-0.25, -0.2) is 0 Å². The molecule has 0 aromatic heterocycles. The molecule has 1 aliphatic rings. The summed E-state index contributed by atoms with van der Waals surface area (Å²) in [6, 6.07) is 9.05. The third kappa shape index (κ3) is 2.10. The van der Waals surface area contributed by atoms with Crippen molar-refractivity contribution in [3.63, 3.8) is 0 Å². The largest absolute Gasteiger partial charge is 0.481 e. The van der Waals surface area contributed by atoms with E-state index in [4.69, 9.17) is 0 Å². The number of carboxylic acid groups (broad SMARTS) is 1. The van der Waals surface area contributed by atoms with E-state index in [2.05, 4.69) is 0 Å². The highest BCUT2D eigenvalue weighted by molar-refractivity contribution is 5.87. The van der Waals surface area contributed by atoms with Gasteiger partial charge in [-0.1, -0.05) is 30.3 Å². The van der Waals surface area contributed by atoms with E-state index in [1.54, 1.807) is 4.90 Å². The van der Waals surface area contributed by atoms with Crippen LogP contribution in [0.25, 0.3) is 0 Å². The van der Waals surface area contributed by atoms with E-state index >= 15 is 0 Å². The third-order valence-corrected chi connectivity index (χ3v) is 3.38. The minimum absolute atomic E-state index is 0.00653. The van der Waals surface area contributed by atoms with Gasteiger partial charge in [-0.2, -0.15) is 0 Å². The molecule has 1 fully saturated rings. The predicted molar refractivity (Wildman–Crippen MR) is 66.9 cm³/mol. The molecular formula is C14H17NO3. The van der Waals surface area contributed by atoms with Gasteiger partial charge in [-0.3, -0.25) is 9.59 Å². The Morgan fingerprint density at radius 1 is 1.33 bits per heavy atom. The zero-order valence-corrected chi connectivity index (χ0v) is 10.5.